The van der Waals surface area contributed by atoms with Gasteiger partial charge in [0, 0.05) is 16.6 Å². The van der Waals surface area contributed by atoms with Gasteiger partial charge in [-0.25, -0.2) is 0 Å². The molecule has 0 aliphatic heterocycles. The second-order valence-corrected chi connectivity index (χ2v) is 4.52. The summed E-state index contributed by atoms with van der Waals surface area (Å²) in [6, 6.07) is 7.91. The standard InChI is InChI=1S/C13H16BrNO/c1-3-5-10(2)13(16)15-9-11-6-4-7-12(14)8-11/h4-8H,3,9H2,1-2H3,(H,15,16). The minimum Gasteiger partial charge on any atom is -0.348 e. The van der Waals surface area contributed by atoms with Crippen LogP contribution in [0, 0.1) is 0 Å². The zero-order valence-corrected chi connectivity index (χ0v) is 11.2. The largest absolute Gasteiger partial charge is 0.348 e. The average Bonchev–Trinajstić information content (AvgIpc) is 2.26. The SMILES string of the molecule is CCC=C(C)C(=O)NCc1cccc(Br)c1. The van der Waals surface area contributed by atoms with Crippen molar-refractivity contribution in [2.45, 2.75) is 26.8 Å². The van der Waals surface area contributed by atoms with Crippen molar-refractivity contribution in [2.24, 2.45) is 0 Å². The molecule has 1 rings (SSSR count). The summed E-state index contributed by atoms with van der Waals surface area (Å²) in [5.74, 6) is 0.00169. The molecule has 0 atom stereocenters. The van der Waals surface area contributed by atoms with Crippen LogP contribution in [0.1, 0.15) is 25.8 Å². The van der Waals surface area contributed by atoms with E-state index in [1.165, 1.54) is 0 Å². The van der Waals surface area contributed by atoms with Gasteiger partial charge >= 0.3 is 0 Å². The lowest BCUT2D eigenvalue weighted by Gasteiger charge is -2.05. The zero-order chi connectivity index (χ0) is 12.0. The molecule has 0 aliphatic carbocycles. The first kappa shape index (κ1) is 13.0. The molecule has 0 spiro atoms. The Morgan fingerprint density at radius 3 is 2.88 bits per heavy atom. The van der Waals surface area contributed by atoms with E-state index in [1.807, 2.05) is 44.2 Å². The van der Waals surface area contributed by atoms with Crippen LogP contribution >= 0.6 is 15.9 Å². The van der Waals surface area contributed by atoms with Crippen LogP contribution in [0.4, 0.5) is 0 Å². The first-order valence-corrected chi connectivity index (χ1v) is 6.12. The number of hydrogen-bond donors (Lipinski definition) is 1. The molecule has 2 nitrogen and oxygen atoms in total. The summed E-state index contributed by atoms with van der Waals surface area (Å²) in [6.45, 7) is 4.41. The van der Waals surface area contributed by atoms with Crippen LogP contribution in [0.3, 0.4) is 0 Å². The number of amides is 1. The van der Waals surface area contributed by atoms with Crippen LogP contribution in [0.15, 0.2) is 40.4 Å². The Hall–Kier alpha value is -1.09. The quantitative estimate of drug-likeness (QED) is 0.842. The minimum absolute atomic E-state index is 0.00169. The summed E-state index contributed by atoms with van der Waals surface area (Å²) >= 11 is 3.40. The van der Waals surface area contributed by atoms with Gasteiger partial charge in [0.05, 0.1) is 0 Å². The maximum Gasteiger partial charge on any atom is 0.246 e. The molecule has 0 aromatic heterocycles. The van der Waals surface area contributed by atoms with E-state index < -0.39 is 0 Å². The van der Waals surface area contributed by atoms with Crippen LogP contribution in [0.2, 0.25) is 0 Å². The topological polar surface area (TPSA) is 29.1 Å². The predicted molar refractivity (Wildman–Crippen MR) is 70.0 cm³/mol. The van der Waals surface area contributed by atoms with Gasteiger partial charge in [0.1, 0.15) is 0 Å². The lowest BCUT2D eigenvalue weighted by molar-refractivity contribution is -0.117. The first-order chi connectivity index (χ1) is 7.63. The van der Waals surface area contributed by atoms with Crippen molar-refractivity contribution in [3.05, 3.63) is 46.0 Å². The number of rotatable bonds is 4. The lowest BCUT2D eigenvalue weighted by Crippen LogP contribution is -2.23. The van der Waals surface area contributed by atoms with Gasteiger partial charge in [-0.1, -0.05) is 41.1 Å². The van der Waals surface area contributed by atoms with E-state index in [0.29, 0.717) is 6.54 Å². The lowest BCUT2D eigenvalue weighted by atomic mass is 10.2. The van der Waals surface area contributed by atoms with Crippen LogP contribution < -0.4 is 5.32 Å². The Kier molecular flexibility index (Phi) is 5.26. The molecule has 0 bridgehead atoms. The molecule has 0 aliphatic rings. The summed E-state index contributed by atoms with van der Waals surface area (Å²) in [5, 5.41) is 2.88. The summed E-state index contributed by atoms with van der Waals surface area (Å²) in [4.78, 5) is 11.6. The van der Waals surface area contributed by atoms with Crippen molar-refractivity contribution in [3.8, 4) is 0 Å². The van der Waals surface area contributed by atoms with Crippen LogP contribution in [0.5, 0.6) is 0 Å². The fourth-order valence-electron chi connectivity index (χ4n) is 1.37. The highest BCUT2D eigenvalue weighted by Gasteiger charge is 2.02. The average molecular weight is 282 g/mol. The molecule has 1 N–H and O–H groups in total. The Morgan fingerprint density at radius 2 is 2.25 bits per heavy atom. The van der Waals surface area contributed by atoms with E-state index in [9.17, 15) is 4.79 Å². The third-order valence-corrected chi connectivity index (χ3v) is 2.70. The summed E-state index contributed by atoms with van der Waals surface area (Å²) in [7, 11) is 0. The molecule has 16 heavy (non-hydrogen) atoms. The van der Waals surface area contributed by atoms with Crippen molar-refractivity contribution in [2.75, 3.05) is 0 Å². The van der Waals surface area contributed by atoms with Crippen molar-refractivity contribution >= 4 is 21.8 Å². The van der Waals surface area contributed by atoms with Gasteiger partial charge in [0.2, 0.25) is 5.91 Å². The van der Waals surface area contributed by atoms with Crippen LogP contribution in [-0.4, -0.2) is 5.91 Å². The summed E-state index contributed by atoms with van der Waals surface area (Å²) < 4.78 is 1.03. The zero-order valence-electron chi connectivity index (χ0n) is 9.59. The number of nitrogens with one attached hydrogen (secondary N) is 1. The van der Waals surface area contributed by atoms with E-state index in [2.05, 4.69) is 21.2 Å². The number of carbonyl (C=O) groups excluding carboxylic acids is 1. The number of carbonyl (C=O) groups is 1. The van der Waals surface area contributed by atoms with E-state index >= 15 is 0 Å². The number of allylic oxidation sites excluding steroid dienone is 1. The normalized spacial score (nSPS) is 11.3. The third-order valence-electron chi connectivity index (χ3n) is 2.21. The van der Waals surface area contributed by atoms with E-state index in [-0.39, 0.29) is 5.91 Å². The Morgan fingerprint density at radius 1 is 1.50 bits per heavy atom. The Balaban J connectivity index is 2.52. The van der Waals surface area contributed by atoms with E-state index in [1.54, 1.807) is 0 Å². The first-order valence-electron chi connectivity index (χ1n) is 5.33. The molecular formula is C13H16BrNO. The molecule has 0 unspecified atom stereocenters. The molecule has 86 valence electrons. The highest BCUT2D eigenvalue weighted by Crippen LogP contribution is 2.11. The van der Waals surface area contributed by atoms with Gasteiger partial charge in [-0.15, -0.1) is 0 Å². The molecule has 1 aromatic carbocycles. The van der Waals surface area contributed by atoms with Crippen molar-refractivity contribution in [1.82, 2.24) is 5.32 Å². The minimum atomic E-state index is 0.00169. The fraction of sp³-hybridized carbons (Fsp3) is 0.308. The molecule has 0 heterocycles. The molecule has 0 radical (unpaired) electrons. The van der Waals surface area contributed by atoms with Gasteiger partial charge in [0.15, 0.2) is 0 Å². The van der Waals surface area contributed by atoms with Gasteiger partial charge in [-0.2, -0.15) is 0 Å². The highest BCUT2D eigenvalue weighted by atomic mass is 79.9. The molecule has 0 fully saturated rings. The van der Waals surface area contributed by atoms with Crippen LogP contribution in [-0.2, 0) is 11.3 Å². The van der Waals surface area contributed by atoms with Gasteiger partial charge in [-0.05, 0) is 31.0 Å². The monoisotopic (exact) mass is 281 g/mol. The number of halogens is 1. The smallest absolute Gasteiger partial charge is 0.246 e. The summed E-state index contributed by atoms with van der Waals surface area (Å²) in [5.41, 5.74) is 1.87. The van der Waals surface area contributed by atoms with Gasteiger partial charge in [0.25, 0.3) is 0 Å². The van der Waals surface area contributed by atoms with Crippen LogP contribution in [0.25, 0.3) is 0 Å². The molecule has 0 saturated heterocycles. The van der Waals surface area contributed by atoms with E-state index in [4.69, 9.17) is 0 Å². The molecule has 0 saturated carbocycles. The van der Waals surface area contributed by atoms with Crippen molar-refractivity contribution in [1.29, 1.82) is 0 Å². The van der Waals surface area contributed by atoms with Gasteiger partial charge < -0.3 is 5.32 Å². The maximum absolute atomic E-state index is 11.6. The van der Waals surface area contributed by atoms with Crippen molar-refractivity contribution in [3.63, 3.8) is 0 Å². The predicted octanol–water partition coefficient (Wildman–Crippen LogP) is 3.42. The molecule has 1 aromatic rings. The molecule has 1 amide bonds. The fourth-order valence-corrected chi connectivity index (χ4v) is 1.81. The Bertz CT molecular complexity index is 399. The highest BCUT2D eigenvalue weighted by molar-refractivity contribution is 9.10. The summed E-state index contributed by atoms with van der Waals surface area (Å²) in [6.07, 6.45) is 2.81. The van der Waals surface area contributed by atoms with Crippen molar-refractivity contribution < 1.29 is 4.79 Å². The third kappa shape index (κ3) is 4.19. The van der Waals surface area contributed by atoms with E-state index in [0.717, 1.165) is 22.0 Å². The molecule has 3 heteroatoms. The molecular weight excluding hydrogens is 266 g/mol. The number of benzene rings is 1. The Labute approximate surface area is 105 Å². The second-order valence-electron chi connectivity index (χ2n) is 3.61. The number of hydrogen-bond acceptors (Lipinski definition) is 1. The maximum atomic E-state index is 11.6. The van der Waals surface area contributed by atoms with Gasteiger partial charge in [-0.3, -0.25) is 4.79 Å². The second kappa shape index (κ2) is 6.48.